The molecule has 1 amide bonds. The molecule has 1 aliphatic carbocycles. The molecule has 2 heterocycles. The van der Waals surface area contributed by atoms with Crippen LogP contribution in [-0.4, -0.2) is 35.7 Å². The van der Waals surface area contributed by atoms with Crippen LogP contribution in [0.25, 0.3) is 11.0 Å². The third-order valence-corrected chi connectivity index (χ3v) is 5.82. The molecule has 7 heteroatoms. The third-order valence-electron chi connectivity index (χ3n) is 5.82. The Bertz CT molecular complexity index is 1060. The van der Waals surface area contributed by atoms with Crippen LogP contribution < -0.4 is 5.63 Å². The lowest BCUT2D eigenvalue weighted by Crippen LogP contribution is -2.45. The highest BCUT2D eigenvalue weighted by molar-refractivity contribution is 5.82. The van der Waals surface area contributed by atoms with Gasteiger partial charge in [-0.05, 0) is 76.1 Å². The minimum absolute atomic E-state index is 0.00264. The lowest BCUT2D eigenvalue weighted by atomic mass is 9.98. The zero-order valence-corrected chi connectivity index (χ0v) is 18.4. The Morgan fingerprint density at radius 3 is 2.61 bits per heavy atom. The number of aryl methyl sites for hydroxylation is 2. The quantitative estimate of drug-likeness (QED) is 0.544. The van der Waals surface area contributed by atoms with Gasteiger partial charge in [0.15, 0.2) is 0 Å². The molecule has 1 fully saturated rings. The van der Waals surface area contributed by atoms with Gasteiger partial charge in [-0.15, -0.1) is 0 Å². The van der Waals surface area contributed by atoms with Gasteiger partial charge in [0.1, 0.15) is 17.8 Å². The summed E-state index contributed by atoms with van der Waals surface area (Å²) in [5, 5.41) is 0.812. The molecule has 0 N–H and O–H groups in total. The minimum Gasteiger partial charge on any atom is -0.461 e. The summed E-state index contributed by atoms with van der Waals surface area (Å²) >= 11 is 0. The van der Waals surface area contributed by atoms with Crippen LogP contribution in [0.4, 0.5) is 4.79 Å². The number of hydrogen-bond acceptors (Lipinski definition) is 6. The fourth-order valence-electron chi connectivity index (χ4n) is 4.34. The van der Waals surface area contributed by atoms with Crippen molar-refractivity contribution in [1.29, 1.82) is 0 Å². The van der Waals surface area contributed by atoms with Gasteiger partial charge in [0.2, 0.25) is 0 Å². The van der Waals surface area contributed by atoms with Gasteiger partial charge in [0.05, 0.1) is 5.92 Å². The molecule has 1 aromatic carbocycles. The zero-order chi connectivity index (χ0) is 22.2. The maximum Gasteiger partial charge on any atom is 0.410 e. The second-order valence-corrected chi connectivity index (χ2v) is 9.43. The van der Waals surface area contributed by atoms with E-state index in [-0.39, 0.29) is 19.1 Å². The summed E-state index contributed by atoms with van der Waals surface area (Å²) in [7, 11) is 0. The molecule has 2 aromatic rings. The fourth-order valence-corrected chi connectivity index (χ4v) is 4.34. The zero-order valence-electron chi connectivity index (χ0n) is 18.4. The maximum absolute atomic E-state index is 12.7. The molecule has 1 aliphatic heterocycles. The molecule has 0 spiro atoms. The second-order valence-electron chi connectivity index (χ2n) is 9.43. The van der Waals surface area contributed by atoms with Crippen molar-refractivity contribution >= 4 is 23.0 Å². The van der Waals surface area contributed by atoms with Gasteiger partial charge >= 0.3 is 17.7 Å². The normalized spacial score (nSPS) is 18.7. The smallest absolute Gasteiger partial charge is 0.410 e. The topological polar surface area (TPSA) is 86.0 Å². The number of ether oxygens (including phenoxy) is 2. The highest BCUT2D eigenvalue weighted by atomic mass is 16.6. The van der Waals surface area contributed by atoms with Gasteiger partial charge in [-0.3, -0.25) is 4.79 Å². The molecule has 31 heavy (non-hydrogen) atoms. The third kappa shape index (κ3) is 4.92. The molecule has 0 radical (unpaired) electrons. The van der Waals surface area contributed by atoms with Gasteiger partial charge in [-0.25, -0.2) is 9.59 Å². The summed E-state index contributed by atoms with van der Waals surface area (Å²) in [5.74, 6) is -0.771. The molecule has 166 valence electrons. The first-order chi connectivity index (χ1) is 14.7. The summed E-state index contributed by atoms with van der Waals surface area (Å²) in [6, 6.07) is 5.38. The van der Waals surface area contributed by atoms with E-state index in [0.717, 1.165) is 24.6 Å². The summed E-state index contributed by atoms with van der Waals surface area (Å²) in [6.45, 7) is 6.29. The molecule has 1 aromatic heterocycles. The highest BCUT2D eigenvalue weighted by Gasteiger charge is 2.32. The SMILES string of the molecule is CC(C)(C)OC(=O)N1CCC[C@@H](C(=O)OCc2cc(=O)oc3cc4c(cc23)CCC4)C1. The molecule has 1 atom stereocenters. The summed E-state index contributed by atoms with van der Waals surface area (Å²) in [6.07, 6.45) is 4.05. The lowest BCUT2D eigenvalue weighted by Gasteiger charge is -2.33. The van der Waals surface area contributed by atoms with E-state index in [1.54, 1.807) is 4.90 Å². The predicted octanol–water partition coefficient (Wildman–Crippen LogP) is 3.97. The maximum atomic E-state index is 12.7. The van der Waals surface area contributed by atoms with E-state index in [1.807, 2.05) is 26.8 Å². The Morgan fingerprint density at radius 2 is 1.87 bits per heavy atom. The van der Waals surface area contributed by atoms with Crippen LogP contribution >= 0.6 is 0 Å². The number of benzene rings is 1. The number of fused-ring (bicyclic) bond motifs is 2. The summed E-state index contributed by atoms with van der Waals surface area (Å²) < 4.78 is 16.4. The highest BCUT2D eigenvalue weighted by Crippen LogP contribution is 2.29. The van der Waals surface area contributed by atoms with Crippen molar-refractivity contribution in [3.63, 3.8) is 0 Å². The number of esters is 1. The number of hydrogen-bond donors (Lipinski definition) is 0. The van der Waals surface area contributed by atoms with E-state index in [2.05, 4.69) is 6.07 Å². The first-order valence-corrected chi connectivity index (χ1v) is 10.9. The van der Waals surface area contributed by atoms with E-state index in [4.69, 9.17) is 13.9 Å². The largest absolute Gasteiger partial charge is 0.461 e. The number of rotatable bonds is 3. The number of piperidine rings is 1. The van der Waals surface area contributed by atoms with Crippen molar-refractivity contribution in [3.05, 3.63) is 45.3 Å². The lowest BCUT2D eigenvalue weighted by molar-refractivity contribution is -0.151. The van der Waals surface area contributed by atoms with Crippen molar-refractivity contribution in [2.75, 3.05) is 13.1 Å². The van der Waals surface area contributed by atoms with Crippen molar-refractivity contribution in [3.8, 4) is 0 Å². The average Bonchev–Trinajstić information content (AvgIpc) is 3.16. The molecule has 1 saturated heterocycles. The van der Waals surface area contributed by atoms with Crippen LogP contribution in [0.1, 0.15) is 56.7 Å². The molecule has 0 saturated carbocycles. The average molecular weight is 427 g/mol. The van der Waals surface area contributed by atoms with Gasteiger partial charge in [0, 0.05) is 30.1 Å². The van der Waals surface area contributed by atoms with Crippen molar-refractivity contribution in [1.82, 2.24) is 4.90 Å². The number of amides is 1. The predicted molar refractivity (Wildman–Crippen MR) is 115 cm³/mol. The van der Waals surface area contributed by atoms with Crippen LogP contribution in [-0.2, 0) is 33.7 Å². The standard InChI is InChI=1S/C24H29NO6/c1-24(2,3)31-23(28)25-9-5-8-17(13-25)22(27)29-14-18-12-21(26)30-20-11-16-7-4-6-15(16)10-19(18)20/h10-12,17H,4-9,13-14H2,1-3H3/t17-/m1/s1. The van der Waals surface area contributed by atoms with E-state index in [1.165, 1.54) is 17.2 Å². The molecule has 7 nitrogen and oxygen atoms in total. The van der Waals surface area contributed by atoms with E-state index in [0.29, 0.717) is 30.5 Å². The van der Waals surface area contributed by atoms with Crippen LogP contribution in [0, 0.1) is 5.92 Å². The number of nitrogens with zero attached hydrogens (tertiary/aromatic N) is 1. The fraction of sp³-hybridized carbons (Fsp3) is 0.542. The molecule has 2 aliphatic rings. The van der Waals surface area contributed by atoms with Crippen LogP contribution in [0.15, 0.2) is 27.4 Å². The van der Waals surface area contributed by atoms with Gasteiger partial charge in [0.25, 0.3) is 0 Å². The summed E-state index contributed by atoms with van der Waals surface area (Å²) in [5.41, 5.74) is 2.62. The van der Waals surface area contributed by atoms with E-state index < -0.39 is 23.2 Å². The number of likely N-dealkylation sites (tertiary alicyclic amines) is 1. The van der Waals surface area contributed by atoms with Crippen LogP contribution in [0.2, 0.25) is 0 Å². The van der Waals surface area contributed by atoms with Crippen molar-refractivity contribution in [2.45, 2.75) is 65.1 Å². The number of carbonyl (C=O) groups excluding carboxylic acids is 2. The Morgan fingerprint density at radius 1 is 1.13 bits per heavy atom. The Hall–Kier alpha value is -2.83. The van der Waals surface area contributed by atoms with E-state index >= 15 is 0 Å². The van der Waals surface area contributed by atoms with Gasteiger partial charge < -0.3 is 18.8 Å². The molecule has 4 rings (SSSR count). The Balaban J connectivity index is 1.44. The first-order valence-electron chi connectivity index (χ1n) is 10.9. The Kier molecular flexibility index (Phi) is 5.77. The van der Waals surface area contributed by atoms with Crippen molar-refractivity contribution < 1.29 is 23.5 Å². The Labute approximate surface area is 181 Å². The van der Waals surface area contributed by atoms with Crippen LogP contribution in [0.3, 0.4) is 0 Å². The molecular weight excluding hydrogens is 398 g/mol. The minimum atomic E-state index is -0.583. The van der Waals surface area contributed by atoms with E-state index in [9.17, 15) is 14.4 Å². The van der Waals surface area contributed by atoms with Gasteiger partial charge in [-0.1, -0.05) is 0 Å². The molecule has 0 bridgehead atoms. The number of carbonyl (C=O) groups is 2. The monoisotopic (exact) mass is 427 g/mol. The second kappa shape index (κ2) is 8.36. The van der Waals surface area contributed by atoms with Gasteiger partial charge in [-0.2, -0.15) is 0 Å². The summed E-state index contributed by atoms with van der Waals surface area (Å²) in [4.78, 5) is 38.7. The van der Waals surface area contributed by atoms with Crippen molar-refractivity contribution in [2.24, 2.45) is 5.92 Å². The molecular formula is C24H29NO6. The molecule has 0 unspecified atom stereocenters. The first kappa shape index (κ1) is 21.4. The van der Waals surface area contributed by atoms with Crippen LogP contribution in [0.5, 0.6) is 0 Å².